The van der Waals surface area contributed by atoms with Gasteiger partial charge in [0.15, 0.2) is 0 Å². The molecule has 2 rings (SSSR count). The van der Waals surface area contributed by atoms with Gasteiger partial charge < -0.3 is 10.4 Å². The van der Waals surface area contributed by atoms with Crippen LogP contribution in [0.4, 0.5) is 0 Å². The van der Waals surface area contributed by atoms with E-state index in [1.165, 1.54) is 0 Å². The standard InChI is InChI=1S/C17H19ClN2O2/c18-15-9-2-1-8-14(15)16(21)12-20-17(22)10-5-7-13-6-3-4-11-19-13/h1-4,6,8-9,11,16,21H,5,7,10,12H2,(H,20,22). The van der Waals surface area contributed by atoms with Gasteiger partial charge in [0.25, 0.3) is 0 Å². The smallest absolute Gasteiger partial charge is 0.220 e. The molecule has 5 heteroatoms. The molecule has 4 nitrogen and oxygen atoms in total. The summed E-state index contributed by atoms with van der Waals surface area (Å²) in [6.45, 7) is 0.159. The van der Waals surface area contributed by atoms with E-state index in [1.54, 1.807) is 30.5 Å². The molecule has 0 aliphatic heterocycles. The summed E-state index contributed by atoms with van der Waals surface area (Å²) in [6.07, 6.45) is 2.85. The van der Waals surface area contributed by atoms with Crippen LogP contribution in [0, 0.1) is 0 Å². The molecule has 116 valence electrons. The lowest BCUT2D eigenvalue weighted by molar-refractivity contribution is -0.121. The second-order valence-corrected chi connectivity index (χ2v) is 5.42. The van der Waals surface area contributed by atoms with Gasteiger partial charge in [-0.15, -0.1) is 0 Å². The average Bonchev–Trinajstić information content (AvgIpc) is 2.54. The Hall–Kier alpha value is -1.91. The minimum absolute atomic E-state index is 0.0814. The van der Waals surface area contributed by atoms with Crippen LogP contribution in [-0.4, -0.2) is 22.5 Å². The fraction of sp³-hybridized carbons (Fsp3) is 0.294. The molecular formula is C17H19ClN2O2. The Labute approximate surface area is 135 Å². The molecule has 0 aliphatic rings. The van der Waals surface area contributed by atoms with Crippen molar-refractivity contribution < 1.29 is 9.90 Å². The van der Waals surface area contributed by atoms with Crippen LogP contribution < -0.4 is 5.32 Å². The Morgan fingerprint density at radius 1 is 1.23 bits per heavy atom. The third kappa shape index (κ3) is 5.13. The van der Waals surface area contributed by atoms with Crippen LogP contribution in [-0.2, 0) is 11.2 Å². The van der Waals surface area contributed by atoms with Crippen LogP contribution in [0.25, 0.3) is 0 Å². The molecule has 2 aromatic rings. The van der Waals surface area contributed by atoms with Gasteiger partial charge in [0.05, 0.1) is 6.10 Å². The molecule has 1 aromatic carbocycles. The van der Waals surface area contributed by atoms with E-state index < -0.39 is 6.10 Å². The highest BCUT2D eigenvalue weighted by atomic mass is 35.5. The lowest BCUT2D eigenvalue weighted by Gasteiger charge is -2.13. The first-order valence-electron chi connectivity index (χ1n) is 7.26. The molecule has 1 amide bonds. The molecule has 1 unspecified atom stereocenters. The number of hydrogen-bond donors (Lipinski definition) is 2. The average molecular weight is 319 g/mol. The van der Waals surface area contributed by atoms with E-state index in [4.69, 9.17) is 11.6 Å². The van der Waals surface area contributed by atoms with Crippen molar-refractivity contribution in [3.8, 4) is 0 Å². The number of pyridine rings is 1. The molecule has 0 spiro atoms. The van der Waals surface area contributed by atoms with Gasteiger partial charge in [-0.25, -0.2) is 0 Å². The highest BCUT2D eigenvalue weighted by molar-refractivity contribution is 6.31. The first kappa shape index (κ1) is 16.5. The van der Waals surface area contributed by atoms with Crippen molar-refractivity contribution in [2.75, 3.05) is 6.54 Å². The Morgan fingerprint density at radius 2 is 2.00 bits per heavy atom. The number of carbonyl (C=O) groups excluding carboxylic acids is 1. The van der Waals surface area contributed by atoms with Crippen LogP contribution in [0.3, 0.4) is 0 Å². The van der Waals surface area contributed by atoms with E-state index in [1.807, 2.05) is 18.2 Å². The van der Waals surface area contributed by atoms with E-state index in [-0.39, 0.29) is 12.5 Å². The molecule has 1 aromatic heterocycles. The Morgan fingerprint density at radius 3 is 2.73 bits per heavy atom. The number of nitrogens with one attached hydrogen (secondary N) is 1. The number of aliphatic hydroxyl groups is 1. The van der Waals surface area contributed by atoms with Gasteiger partial charge in [0.1, 0.15) is 0 Å². The lowest BCUT2D eigenvalue weighted by atomic mass is 10.1. The topological polar surface area (TPSA) is 62.2 Å². The van der Waals surface area contributed by atoms with Gasteiger partial charge in [-0.1, -0.05) is 35.9 Å². The van der Waals surface area contributed by atoms with Crippen molar-refractivity contribution in [1.82, 2.24) is 10.3 Å². The second kappa shape index (κ2) is 8.51. The lowest BCUT2D eigenvalue weighted by Crippen LogP contribution is -2.28. The summed E-state index contributed by atoms with van der Waals surface area (Å²) in [5.41, 5.74) is 1.60. The Balaban J connectivity index is 1.70. The van der Waals surface area contributed by atoms with E-state index >= 15 is 0 Å². The van der Waals surface area contributed by atoms with E-state index in [0.29, 0.717) is 17.0 Å². The number of aryl methyl sites for hydroxylation is 1. The number of hydrogen-bond acceptors (Lipinski definition) is 3. The number of aromatic nitrogens is 1. The monoisotopic (exact) mass is 318 g/mol. The van der Waals surface area contributed by atoms with Gasteiger partial charge in [0, 0.05) is 35.4 Å². The minimum Gasteiger partial charge on any atom is -0.387 e. The van der Waals surface area contributed by atoms with Gasteiger partial charge in [-0.05, 0) is 31.0 Å². The molecule has 1 heterocycles. The molecule has 1 atom stereocenters. The largest absolute Gasteiger partial charge is 0.387 e. The first-order valence-corrected chi connectivity index (χ1v) is 7.63. The van der Waals surface area contributed by atoms with E-state index in [0.717, 1.165) is 18.5 Å². The van der Waals surface area contributed by atoms with Gasteiger partial charge in [-0.3, -0.25) is 9.78 Å². The van der Waals surface area contributed by atoms with Crippen LogP contribution >= 0.6 is 11.6 Å². The van der Waals surface area contributed by atoms with Crippen molar-refractivity contribution >= 4 is 17.5 Å². The molecule has 0 radical (unpaired) electrons. The number of aliphatic hydroxyl groups excluding tert-OH is 1. The summed E-state index contributed by atoms with van der Waals surface area (Å²) in [6, 6.07) is 12.8. The van der Waals surface area contributed by atoms with Gasteiger partial charge in [-0.2, -0.15) is 0 Å². The highest BCUT2D eigenvalue weighted by Gasteiger charge is 2.12. The highest BCUT2D eigenvalue weighted by Crippen LogP contribution is 2.21. The fourth-order valence-electron chi connectivity index (χ4n) is 2.13. The predicted molar refractivity (Wildman–Crippen MR) is 86.6 cm³/mol. The number of carbonyl (C=O) groups is 1. The molecule has 0 fully saturated rings. The second-order valence-electron chi connectivity index (χ2n) is 5.02. The molecular weight excluding hydrogens is 300 g/mol. The quantitative estimate of drug-likeness (QED) is 0.825. The molecule has 0 bridgehead atoms. The molecule has 0 saturated carbocycles. The van der Waals surface area contributed by atoms with Crippen LogP contribution in [0.1, 0.15) is 30.2 Å². The number of nitrogens with zero attached hydrogens (tertiary/aromatic N) is 1. The minimum atomic E-state index is -0.798. The molecule has 2 N–H and O–H groups in total. The number of rotatable bonds is 7. The first-order chi connectivity index (χ1) is 10.7. The Bertz CT molecular complexity index is 605. The van der Waals surface area contributed by atoms with Gasteiger partial charge >= 0.3 is 0 Å². The maximum Gasteiger partial charge on any atom is 0.220 e. The van der Waals surface area contributed by atoms with Crippen LogP contribution in [0.15, 0.2) is 48.7 Å². The SMILES string of the molecule is O=C(CCCc1ccccn1)NCC(O)c1ccccc1Cl. The molecule has 0 saturated heterocycles. The summed E-state index contributed by atoms with van der Waals surface area (Å²) in [5, 5.41) is 13.3. The Kier molecular flexibility index (Phi) is 6.37. The van der Waals surface area contributed by atoms with Crippen molar-refractivity contribution in [2.45, 2.75) is 25.4 Å². The maximum absolute atomic E-state index is 11.8. The zero-order valence-corrected chi connectivity index (χ0v) is 13.0. The number of halogens is 1. The maximum atomic E-state index is 11.8. The van der Waals surface area contributed by atoms with E-state index in [9.17, 15) is 9.90 Å². The fourth-order valence-corrected chi connectivity index (χ4v) is 2.39. The molecule has 0 aliphatic carbocycles. The zero-order valence-electron chi connectivity index (χ0n) is 12.2. The van der Waals surface area contributed by atoms with Gasteiger partial charge in [0.2, 0.25) is 5.91 Å². The summed E-state index contributed by atoms with van der Waals surface area (Å²) >= 11 is 6.01. The zero-order chi connectivity index (χ0) is 15.8. The third-order valence-electron chi connectivity index (χ3n) is 3.32. The summed E-state index contributed by atoms with van der Waals surface area (Å²) in [4.78, 5) is 16.0. The van der Waals surface area contributed by atoms with Crippen molar-refractivity contribution in [2.24, 2.45) is 0 Å². The number of amides is 1. The van der Waals surface area contributed by atoms with Crippen LogP contribution in [0.2, 0.25) is 5.02 Å². The van der Waals surface area contributed by atoms with Crippen LogP contribution in [0.5, 0.6) is 0 Å². The van der Waals surface area contributed by atoms with E-state index in [2.05, 4.69) is 10.3 Å². The summed E-state index contributed by atoms with van der Waals surface area (Å²) in [7, 11) is 0. The molecule has 22 heavy (non-hydrogen) atoms. The summed E-state index contributed by atoms with van der Waals surface area (Å²) in [5.74, 6) is -0.0814. The number of benzene rings is 1. The third-order valence-corrected chi connectivity index (χ3v) is 3.66. The van der Waals surface area contributed by atoms with Crippen molar-refractivity contribution in [3.63, 3.8) is 0 Å². The summed E-state index contributed by atoms with van der Waals surface area (Å²) < 4.78 is 0. The van der Waals surface area contributed by atoms with Crippen molar-refractivity contribution in [3.05, 3.63) is 64.9 Å². The van der Waals surface area contributed by atoms with Crippen molar-refractivity contribution in [1.29, 1.82) is 0 Å². The normalized spacial score (nSPS) is 11.9. The predicted octanol–water partition coefficient (Wildman–Crippen LogP) is 2.91.